The van der Waals surface area contributed by atoms with Crippen LogP contribution in [-0.2, 0) is 4.79 Å². The minimum Gasteiger partial charge on any atom is -0.481 e. The Kier molecular flexibility index (Phi) is 6.04. The number of aromatic nitrogens is 1. The number of aliphatic carboxylic acids is 1. The molecule has 114 valence electrons. The summed E-state index contributed by atoms with van der Waals surface area (Å²) in [5.74, 6) is -1.90. The van der Waals surface area contributed by atoms with Crippen molar-refractivity contribution >= 4 is 29.2 Å². The van der Waals surface area contributed by atoms with Crippen molar-refractivity contribution in [1.82, 2.24) is 10.3 Å². The van der Waals surface area contributed by atoms with Crippen LogP contribution in [0, 0.1) is 16.0 Å². The number of halogens is 1. The summed E-state index contributed by atoms with van der Waals surface area (Å²) in [5.41, 5.74) is -0.770. The second kappa shape index (κ2) is 7.53. The van der Waals surface area contributed by atoms with Gasteiger partial charge in [-0.1, -0.05) is 24.9 Å². The fourth-order valence-corrected chi connectivity index (χ4v) is 1.95. The van der Waals surface area contributed by atoms with Gasteiger partial charge in [0, 0.05) is 19.2 Å². The molecule has 1 aromatic heterocycles. The molecule has 0 aliphatic rings. The van der Waals surface area contributed by atoms with Crippen molar-refractivity contribution in [2.75, 3.05) is 6.54 Å². The number of carboxylic acids is 1. The molecule has 1 atom stereocenters. The van der Waals surface area contributed by atoms with Gasteiger partial charge in [0.15, 0.2) is 0 Å². The first kappa shape index (κ1) is 16.8. The summed E-state index contributed by atoms with van der Waals surface area (Å²) in [6, 6.07) is 1.19. The van der Waals surface area contributed by atoms with Gasteiger partial charge in [0.2, 0.25) is 5.15 Å². The zero-order valence-corrected chi connectivity index (χ0v) is 12.0. The third kappa shape index (κ3) is 4.67. The van der Waals surface area contributed by atoms with E-state index >= 15 is 0 Å². The molecule has 2 N–H and O–H groups in total. The van der Waals surface area contributed by atoms with Crippen molar-refractivity contribution in [3.63, 3.8) is 0 Å². The molecule has 0 saturated carbocycles. The van der Waals surface area contributed by atoms with Gasteiger partial charge in [0.1, 0.15) is 5.56 Å². The number of hydrogen-bond acceptors (Lipinski definition) is 5. The van der Waals surface area contributed by atoms with Gasteiger partial charge in [-0.05, 0) is 12.0 Å². The van der Waals surface area contributed by atoms with E-state index in [-0.39, 0.29) is 29.6 Å². The maximum absolute atomic E-state index is 12.0. The average Bonchev–Trinajstić information content (AvgIpc) is 2.41. The first-order valence-electron chi connectivity index (χ1n) is 6.15. The lowest BCUT2D eigenvalue weighted by atomic mass is 10.0. The van der Waals surface area contributed by atoms with Crippen LogP contribution in [-0.4, -0.2) is 33.4 Å². The second-order valence-corrected chi connectivity index (χ2v) is 4.70. The highest BCUT2D eigenvalue weighted by atomic mass is 35.5. The Hall–Kier alpha value is -2.22. The first-order chi connectivity index (χ1) is 9.86. The molecule has 1 rings (SSSR count). The summed E-state index contributed by atoms with van der Waals surface area (Å²) in [5, 5.41) is 21.7. The number of hydrogen-bond donors (Lipinski definition) is 2. The van der Waals surface area contributed by atoms with Gasteiger partial charge in [-0.3, -0.25) is 19.7 Å². The molecule has 9 heteroatoms. The maximum Gasteiger partial charge on any atom is 0.319 e. The molecular weight excluding hydrogens is 302 g/mol. The van der Waals surface area contributed by atoms with E-state index in [9.17, 15) is 19.7 Å². The van der Waals surface area contributed by atoms with Crippen molar-refractivity contribution in [2.24, 2.45) is 5.92 Å². The molecule has 0 bridgehead atoms. The molecular formula is C12H14ClN3O5. The van der Waals surface area contributed by atoms with E-state index in [0.29, 0.717) is 6.42 Å². The highest BCUT2D eigenvalue weighted by Crippen LogP contribution is 2.25. The SMILES string of the molecule is CCC(CNC(=O)c1ccnc(Cl)c1[N+](=O)[O-])CC(=O)O. The van der Waals surface area contributed by atoms with Crippen LogP contribution in [0.25, 0.3) is 0 Å². The lowest BCUT2D eigenvalue weighted by molar-refractivity contribution is -0.385. The van der Waals surface area contributed by atoms with Gasteiger partial charge < -0.3 is 10.4 Å². The smallest absolute Gasteiger partial charge is 0.319 e. The summed E-state index contributed by atoms with van der Waals surface area (Å²) in [7, 11) is 0. The Labute approximate surface area is 125 Å². The summed E-state index contributed by atoms with van der Waals surface area (Å²) in [6.45, 7) is 1.91. The topological polar surface area (TPSA) is 122 Å². The maximum atomic E-state index is 12.0. The Bertz CT molecular complexity index is 564. The van der Waals surface area contributed by atoms with E-state index < -0.39 is 22.5 Å². The summed E-state index contributed by atoms with van der Waals surface area (Å²) in [6.07, 6.45) is 1.67. The molecule has 0 fully saturated rings. The van der Waals surface area contributed by atoms with Crippen molar-refractivity contribution in [3.8, 4) is 0 Å². The molecule has 0 saturated heterocycles. The molecule has 1 aromatic rings. The normalized spacial score (nSPS) is 11.7. The van der Waals surface area contributed by atoms with E-state index in [1.807, 2.05) is 0 Å². The van der Waals surface area contributed by atoms with Gasteiger partial charge in [0.25, 0.3) is 5.91 Å². The predicted molar refractivity (Wildman–Crippen MR) is 74.3 cm³/mol. The largest absolute Gasteiger partial charge is 0.481 e. The van der Waals surface area contributed by atoms with Crippen molar-refractivity contribution in [1.29, 1.82) is 0 Å². The Morgan fingerprint density at radius 1 is 1.57 bits per heavy atom. The summed E-state index contributed by atoms with van der Waals surface area (Å²) >= 11 is 5.62. The molecule has 0 spiro atoms. The first-order valence-corrected chi connectivity index (χ1v) is 6.53. The second-order valence-electron chi connectivity index (χ2n) is 4.34. The van der Waals surface area contributed by atoms with E-state index in [1.165, 1.54) is 12.3 Å². The van der Waals surface area contributed by atoms with E-state index in [0.717, 1.165) is 0 Å². The van der Waals surface area contributed by atoms with Crippen LogP contribution < -0.4 is 5.32 Å². The van der Waals surface area contributed by atoms with Gasteiger partial charge in [-0.2, -0.15) is 0 Å². The third-order valence-electron chi connectivity index (χ3n) is 2.90. The molecule has 0 aromatic carbocycles. The van der Waals surface area contributed by atoms with Crippen LogP contribution in [0.5, 0.6) is 0 Å². The number of amides is 1. The van der Waals surface area contributed by atoms with Crippen molar-refractivity contribution in [3.05, 3.63) is 33.1 Å². The van der Waals surface area contributed by atoms with Crippen LogP contribution in [0.3, 0.4) is 0 Å². The number of carbonyl (C=O) groups excluding carboxylic acids is 1. The zero-order chi connectivity index (χ0) is 16.0. The third-order valence-corrected chi connectivity index (χ3v) is 3.18. The van der Waals surface area contributed by atoms with Gasteiger partial charge in [-0.25, -0.2) is 4.98 Å². The highest BCUT2D eigenvalue weighted by Gasteiger charge is 2.25. The van der Waals surface area contributed by atoms with Gasteiger partial charge in [0.05, 0.1) is 4.92 Å². The predicted octanol–water partition coefficient (Wildman–Crippen LogP) is 1.87. The molecule has 0 aliphatic carbocycles. The minimum absolute atomic E-state index is 0.0873. The number of carboxylic acid groups (broad SMARTS) is 1. The van der Waals surface area contributed by atoms with E-state index in [2.05, 4.69) is 10.3 Å². The van der Waals surface area contributed by atoms with Crippen LogP contribution in [0.2, 0.25) is 5.15 Å². The molecule has 8 nitrogen and oxygen atoms in total. The monoisotopic (exact) mass is 315 g/mol. The van der Waals surface area contributed by atoms with Crippen LogP contribution in [0.1, 0.15) is 30.1 Å². The Morgan fingerprint density at radius 2 is 2.24 bits per heavy atom. The number of nitrogens with one attached hydrogen (secondary N) is 1. The van der Waals surface area contributed by atoms with Crippen molar-refractivity contribution in [2.45, 2.75) is 19.8 Å². The average molecular weight is 316 g/mol. The fraction of sp³-hybridized carbons (Fsp3) is 0.417. The Balaban J connectivity index is 2.83. The minimum atomic E-state index is -0.964. The number of nitrogens with zero attached hydrogens (tertiary/aromatic N) is 2. The van der Waals surface area contributed by atoms with Crippen LogP contribution in [0.15, 0.2) is 12.3 Å². The molecule has 0 aliphatic heterocycles. The number of rotatable bonds is 7. The molecule has 21 heavy (non-hydrogen) atoms. The van der Waals surface area contributed by atoms with Crippen LogP contribution >= 0.6 is 11.6 Å². The van der Waals surface area contributed by atoms with E-state index in [1.54, 1.807) is 6.92 Å². The number of carbonyl (C=O) groups is 2. The molecule has 0 radical (unpaired) electrons. The van der Waals surface area contributed by atoms with Gasteiger partial charge in [-0.15, -0.1) is 0 Å². The van der Waals surface area contributed by atoms with Crippen molar-refractivity contribution < 1.29 is 19.6 Å². The molecule has 1 unspecified atom stereocenters. The Morgan fingerprint density at radius 3 is 2.76 bits per heavy atom. The van der Waals surface area contributed by atoms with Crippen LogP contribution in [0.4, 0.5) is 5.69 Å². The standard InChI is InChI=1S/C12H14ClN3O5/c1-2-7(5-9(17)18)6-15-12(19)8-3-4-14-11(13)10(8)16(20)21/h3-4,7H,2,5-6H2,1H3,(H,15,19)(H,17,18). The summed E-state index contributed by atoms with van der Waals surface area (Å²) < 4.78 is 0. The summed E-state index contributed by atoms with van der Waals surface area (Å²) in [4.78, 5) is 36.3. The number of pyridine rings is 1. The van der Waals surface area contributed by atoms with E-state index in [4.69, 9.17) is 16.7 Å². The fourth-order valence-electron chi connectivity index (χ4n) is 1.73. The molecule has 1 heterocycles. The lowest BCUT2D eigenvalue weighted by Gasteiger charge is -2.13. The lowest BCUT2D eigenvalue weighted by Crippen LogP contribution is -2.30. The van der Waals surface area contributed by atoms with Gasteiger partial charge >= 0.3 is 11.7 Å². The molecule has 1 amide bonds. The quantitative estimate of drug-likeness (QED) is 0.450. The highest BCUT2D eigenvalue weighted by molar-refractivity contribution is 6.32. The zero-order valence-electron chi connectivity index (χ0n) is 11.2. The number of nitro groups is 1.